The van der Waals surface area contributed by atoms with E-state index in [4.69, 9.17) is 0 Å². The van der Waals surface area contributed by atoms with E-state index in [-0.39, 0.29) is 5.56 Å². The van der Waals surface area contributed by atoms with E-state index in [0.717, 1.165) is 19.2 Å². The molecule has 0 bridgehead atoms. The molecule has 1 aliphatic heterocycles. The lowest BCUT2D eigenvalue weighted by molar-refractivity contribution is -0.137. The summed E-state index contributed by atoms with van der Waals surface area (Å²) >= 11 is 0. The second-order valence-electron chi connectivity index (χ2n) is 5.40. The predicted octanol–water partition coefficient (Wildman–Crippen LogP) is 1.90. The number of hydrogen-bond donors (Lipinski definition) is 2. The fourth-order valence-corrected chi connectivity index (χ4v) is 3.08. The zero-order chi connectivity index (χ0) is 14.3. The summed E-state index contributed by atoms with van der Waals surface area (Å²) in [6.45, 7) is 2.36. The van der Waals surface area contributed by atoms with Gasteiger partial charge in [-0.2, -0.15) is 13.2 Å². The van der Waals surface area contributed by atoms with Crippen LogP contribution in [0.15, 0.2) is 24.3 Å². The van der Waals surface area contributed by atoms with E-state index in [1.807, 2.05) is 0 Å². The lowest BCUT2D eigenvalue weighted by Gasteiger charge is -2.13. The number of hydrogen-bond acceptors (Lipinski definition) is 2. The number of nitrogens with one attached hydrogen (secondary N) is 2. The van der Waals surface area contributed by atoms with Crippen LogP contribution in [-0.4, -0.2) is 25.5 Å². The molecule has 6 heteroatoms. The molecule has 108 valence electrons. The highest BCUT2D eigenvalue weighted by atomic mass is 19.4. The first kappa shape index (κ1) is 13.4. The van der Waals surface area contributed by atoms with Crippen LogP contribution in [0.4, 0.5) is 13.2 Å². The van der Waals surface area contributed by atoms with Gasteiger partial charge in [0.2, 0.25) is 0 Å². The monoisotopic (exact) mass is 284 g/mol. The van der Waals surface area contributed by atoms with E-state index in [0.29, 0.717) is 24.3 Å². The molecule has 2 fully saturated rings. The quantitative estimate of drug-likeness (QED) is 0.890. The Kier molecular flexibility index (Phi) is 3.20. The number of alkyl halides is 3. The summed E-state index contributed by atoms with van der Waals surface area (Å²) in [4.78, 5) is 11.9. The number of carbonyl (C=O) groups excluding carboxylic acids is 1. The van der Waals surface area contributed by atoms with E-state index >= 15 is 0 Å². The third-order valence-corrected chi connectivity index (χ3v) is 4.24. The van der Waals surface area contributed by atoms with Crippen molar-refractivity contribution in [2.45, 2.75) is 6.18 Å². The second kappa shape index (κ2) is 4.77. The zero-order valence-electron chi connectivity index (χ0n) is 10.7. The molecule has 0 aromatic heterocycles. The molecule has 1 aromatic rings. The first-order valence-electron chi connectivity index (χ1n) is 6.63. The van der Waals surface area contributed by atoms with Crippen LogP contribution in [0.25, 0.3) is 0 Å². The van der Waals surface area contributed by atoms with Crippen LogP contribution < -0.4 is 10.6 Å². The largest absolute Gasteiger partial charge is 0.417 e. The summed E-state index contributed by atoms with van der Waals surface area (Å²) in [6.07, 6.45) is -4.51. The molecule has 2 aliphatic rings. The van der Waals surface area contributed by atoms with Gasteiger partial charge in [-0.3, -0.25) is 4.79 Å². The minimum Gasteiger partial charge on any atom is -0.352 e. The maximum absolute atomic E-state index is 12.8. The van der Waals surface area contributed by atoms with Gasteiger partial charge >= 0.3 is 6.18 Å². The smallest absolute Gasteiger partial charge is 0.352 e. The predicted molar refractivity (Wildman–Crippen MR) is 67.1 cm³/mol. The molecule has 2 N–H and O–H groups in total. The number of fused-ring (bicyclic) bond motifs is 1. The lowest BCUT2D eigenvalue weighted by Crippen LogP contribution is -2.30. The van der Waals surface area contributed by atoms with Crippen molar-refractivity contribution >= 4 is 5.91 Å². The van der Waals surface area contributed by atoms with Gasteiger partial charge in [-0.05, 0) is 43.0 Å². The summed E-state index contributed by atoms with van der Waals surface area (Å²) in [5.41, 5.74) is -1.18. The molecule has 1 heterocycles. The van der Waals surface area contributed by atoms with Gasteiger partial charge in [0.25, 0.3) is 5.91 Å². The van der Waals surface area contributed by atoms with Gasteiger partial charge in [0.1, 0.15) is 0 Å². The lowest BCUT2D eigenvalue weighted by atomic mass is 10.1. The summed E-state index contributed by atoms with van der Waals surface area (Å²) in [7, 11) is 0. The standard InChI is InChI=1S/C14H15F3N2O/c15-14(16,17)12-4-2-1-3-8(12)13(20)19-7-11-9-5-18-6-10(9)11/h1-4,9-11,18H,5-7H2,(H,19,20). The van der Waals surface area contributed by atoms with Gasteiger partial charge in [-0.15, -0.1) is 0 Å². The molecule has 3 nitrogen and oxygen atoms in total. The maximum Gasteiger partial charge on any atom is 0.417 e. The Balaban J connectivity index is 1.65. The van der Waals surface area contributed by atoms with E-state index in [1.165, 1.54) is 18.2 Å². The van der Waals surface area contributed by atoms with Crippen molar-refractivity contribution in [1.82, 2.24) is 10.6 Å². The fraction of sp³-hybridized carbons (Fsp3) is 0.500. The number of benzene rings is 1. The Morgan fingerprint density at radius 3 is 2.55 bits per heavy atom. The molecule has 2 atom stereocenters. The third kappa shape index (κ3) is 2.40. The third-order valence-electron chi connectivity index (χ3n) is 4.24. The number of halogens is 3. The van der Waals surface area contributed by atoms with E-state index in [9.17, 15) is 18.0 Å². The highest BCUT2D eigenvalue weighted by molar-refractivity contribution is 5.95. The molecule has 0 spiro atoms. The summed E-state index contributed by atoms with van der Waals surface area (Å²) in [6, 6.07) is 4.88. The number of amides is 1. The van der Waals surface area contributed by atoms with Crippen molar-refractivity contribution in [1.29, 1.82) is 0 Å². The van der Waals surface area contributed by atoms with Gasteiger partial charge < -0.3 is 10.6 Å². The van der Waals surface area contributed by atoms with Gasteiger partial charge in [0.15, 0.2) is 0 Å². The van der Waals surface area contributed by atoms with Gasteiger partial charge in [-0.1, -0.05) is 12.1 Å². The topological polar surface area (TPSA) is 41.1 Å². The van der Waals surface area contributed by atoms with Crippen molar-refractivity contribution in [3.8, 4) is 0 Å². The van der Waals surface area contributed by atoms with Crippen LogP contribution in [0, 0.1) is 17.8 Å². The Labute approximate surface area is 114 Å². The minimum absolute atomic E-state index is 0.302. The van der Waals surface area contributed by atoms with Crippen LogP contribution in [0.3, 0.4) is 0 Å². The van der Waals surface area contributed by atoms with E-state index in [1.54, 1.807) is 0 Å². The van der Waals surface area contributed by atoms with Crippen LogP contribution in [0.1, 0.15) is 15.9 Å². The molecule has 0 radical (unpaired) electrons. The Morgan fingerprint density at radius 2 is 1.90 bits per heavy atom. The van der Waals surface area contributed by atoms with E-state index in [2.05, 4.69) is 10.6 Å². The molecule has 1 saturated heterocycles. The average molecular weight is 284 g/mol. The first-order chi connectivity index (χ1) is 9.48. The van der Waals surface area contributed by atoms with Crippen molar-refractivity contribution < 1.29 is 18.0 Å². The van der Waals surface area contributed by atoms with Crippen LogP contribution >= 0.6 is 0 Å². The van der Waals surface area contributed by atoms with Gasteiger partial charge in [0, 0.05) is 6.54 Å². The zero-order valence-corrected chi connectivity index (χ0v) is 10.7. The summed E-state index contributed by atoms with van der Waals surface area (Å²) in [5, 5.41) is 5.87. The molecule has 3 rings (SSSR count). The maximum atomic E-state index is 12.8. The number of piperidine rings is 1. The molecular formula is C14H15F3N2O. The molecule has 20 heavy (non-hydrogen) atoms. The van der Waals surface area contributed by atoms with Crippen molar-refractivity contribution in [2.24, 2.45) is 17.8 Å². The molecule has 1 aromatic carbocycles. The first-order valence-corrected chi connectivity index (χ1v) is 6.63. The minimum atomic E-state index is -4.51. The van der Waals surface area contributed by atoms with Crippen molar-refractivity contribution in [3.63, 3.8) is 0 Å². The highest BCUT2D eigenvalue weighted by Crippen LogP contribution is 2.48. The van der Waals surface area contributed by atoms with Gasteiger partial charge in [-0.25, -0.2) is 0 Å². The van der Waals surface area contributed by atoms with Gasteiger partial charge in [0.05, 0.1) is 11.1 Å². The Bertz CT molecular complexity index is 519. The molecule has 2 unspecified atom stereocenters. The Hall–Kier alpha value is -1.56. The number of rotatable bonds is 3. The molecule has 1 aliphatic carbocycles. The van der Waals surface area contributed by atoms with Crippen LogP contribution in [-0.2, 0) is 6.18 Å². The highest BCUT2D eigenvalue weighted by Gasteiger charge is 2.52. The Morgan fingerprint density at radius 1 is 1.25 bits per heavy atom. The fourth-order valence-electron chi connectivity index (χ4n) is 3.08. The number of carbonyl (C=O) groups is 1. The average Bonchev–Trinajstić information content (AvgIpc) is 2.83. The second-order valence-corrected chi connectivity index (χ2v) is 5.40. The van der Waals surface area contributed by atoms with Crippen LogP contribution in [0.2, 0.25) is 0 Å². The van der Waals surface area contributed by atoms with Crippen LogP contribution in [0.5, 0.6) is 0 Å². The normalized spacial score (nSPS) is 28.1. The van der Waals surface area contributed by atoms with E-state index < -0.39 is 17.6 Å². The molecule has 1 amide bonds. The molecule has 1 saturated carbocycles. The summed E-state index contributed by atoms with van der Waals surface area (Å²) in [5.74, 6) is 0.926. The summed E-state index contributed by atoms with van der Waals surface area (Å²) < 4.78 is 38.5. The van der Waals surface area contributed by atoms with Crippen molar-refractivity contribution in [2.75, 3.05) is 19.6 Å². The SMILES string of the molecule is O=C(NCC1C2CNCC21)c1ccccc1C(F)(F)F. The molecular weight excluding hydrogens is 269 g/mol. The van der Waals surface area contributed by atoms with Crippen molar-refractivity contribution in [3.05, 3.63) is 35.4 Å².